The summed E-state index contributed by atoms with van der Waals surface area (Å²) < 4.78 is 33.0. The van der Waals surface area contributed by atoms with E-state index in [9.17, 15) is 13.6 Å². The minimum atomic E-state index is -0.475. The van der Waals surface area contributed by atoms with Gasteiger partial charge in [-0.25, -0.2) is 8.78 Å². The number of amides is 1. The van der Waals surface area contributed by atoms with Crippen molar-refractivity contribution >= 4 is 23.0 Å². The van der Waals surface area contributed by atoms with E-state index >= 15 is 0 Å². The molecular formula is C23H22F2N6O2. The van der Waals surface area contributed by atoms with Crippen LogP contribution in [-0.4, -0.2) is 49.9 Å². The zero-order valence-corrected chi connectivity index (χ0v) is 17.9. The van der Waals surface area contributed by atoms with Gasteiger partial charge in [0.1, 0.15) is 22.8 Å². The fourth-order valence-corrected chi connectivity index (χ4v) is 4.32. The second-order valence-electron chi connectivity index (χ2n) is 8.18. The lowest BCUT2D eigenvalue weighted by Crippen LogP contribution is -2.51. The van der Waals surface area contributed by atoms with Crippen LogP contribution in [0.3, 0.4) is 0 Å². The zero-order chi connectivity index (χ0) is 22.9. The van der Waals surface area contributed by atoms with E-state index in [1.165, 1.54) is 47.5 Å². The van der Waals surface area contributed by atoms with Gasteiger partial charge in [0.05, 0.1) is 24.0 Å². The molecule has 1 amide bonds. The number of fused-ring (bicyclic) bond motifs is 1. The number of hydrogen-bond acceptors (Lipinski definition) is 6. The van der Waals surface area contributed by atoms with Gasteiger partial charge in [-0.2, -0.15) is 20.0 Å². The van der Waals surface area contributed by atoms with Gasteiger partial charge in [-0.1, -0.05) is 6.92 Å². The number of aromatic nitrogens is 4. The monoisotopic (exact) mass is 452 g/mol. The molecule has 2 aromatic carbocycles. The van der Waals surface area contributed by atoms with Crippen molar-refractivity contribution in [2.24, 2.45) is 5.92 Å². The molecule has 4 aromatic rings. The number of anilines is 1. The highest BCUT2D eigenvalue weighted by Crippen LogP contribution is 2.28. The van der Waals surface area contributed by atoms with Crippen LogP contribution in [0.15, 0.2) is 53.2 Å². The van der Waals surface area contributed by atoms with Crippen molar-refractivity contribution in [2.75, 3.05) is 18.4 Å². The predicted molar refractivity (Wildman–Crippen MR) is 117 cm³/mol. The minimum absolute atomic E-state index is 0.151. The van der Waals surface area contributed by atoms with E-state index in [-0.39, 0.29) is 29.6 Å². The van der Waals surface area contributed by atoms with Gasteiger partial charge in [0.2, 0.25) is 0 Å². The molecule has 8 nitrogen and oxygen atoms in total. The lowest BCUT2D eigenvalue weighted by Gasteiger charge is -2.40. The SMILES string of the molecule is C[C@@H]1CCCN(C(=O)c2ccc(F)cc2-n2nccn2)[C@@H]1CNc1nc2ccc(F)cc2o1. The van der Waals surface area contributed by atoms with Crippen LogP contribution in [0.1, 0.15) is 30.1 Å². The van der Waals surface area contributed by atoms with Gasteiger partial charge < -0.3 is 14.6 Å². The first-order valence-corrected chi connectivity index (χ1v) is 10.8. The van der Waals surface area contributed by atoms with Crippen molar-refractivity contribution in [1.29, 1.82) is 0 Å². The third-order valence-corrected chi connectivity index (χ3v) is 6.01. The van der Waals surface area contributed by atoms with Crippen LogP contribution < -0.4 is 5.32 Å². The molecular weight excluding hydrogens is 430 g/mol. The molecule has 2 atom stereocenters. The van der Waals surface area contributed by atoms with Crippen molar-refractivity contribution in [2.45, 2.75) is 25.8 Å². The highest BCUT2D eigenvalue weighted by atomic mass is 19.1. The number of oxazole rings is 1. The van der Waals surface area contributed by atoms with Crippen molar-refractivity contribution in [3.63, 3.8) is 0 Å². The number of halogens is 2. The number of nitrogens with zero attached hydrogens (tertiary/aromatic N) is 5. The van der Waals surface area contributed by atoms with E-state index < -0.39 is 11.6 Å². The number of piperidine rings is 1. The summed E-state index contributed by atoms with van der Waals surface area (Å²) in [5, 5.41) is 11.3. The van der Waals surface area contributed by atoms with E-state index in [1.807, 2.05) is 0 Å². The van der Waals surface area contributed by atoms with Crippen molar-refractivity contribution in [3.05, 3.63) is 66.0 Å². The molecule has 33 heavy (non-hydrogen) atoms. The first kappa shape index (κ1) is 21.0. The fraction of sp³-hybridized carbons (Fsp3) is 0.304. The Balaban J connectivity index is 1.40. The Labute approximate surface area is 188 Å². The zero-order valence-electron chi connectivity index (χ0n) is 17.9. The summed E-state index contributed by atoms with van der Waals surface area (Å²) in [5.41, 5.74) is 1.51. The Kier molecular flexibility index (Phi) is 5.49. The van der Waals surface area contributed by atoms with E-state index in [2.05, 4.69) is 27.4 Å². The second-order valence-corrected chi connectivity index (χ2v) is 8.18. The Bertz CT molecular complexity index is 1290. The highest BCUT2D eigenvalue weighted by Gasteiger charge is 2.34. The Morgan fingerprint density at radius 2 is 1.91 bits per heavy atom. The number of rotatable bonds is 5. The van der Waals surface area contributed by atoms with E-state index in [0.717, 1.165) is 12.8 Å². The molecule has 5 rings (SSSR count). The maximum atomic E-state index is 14.0. The van der Waals surface area contributed by atoms with Gasteiger partial charge in [-0.05, 0) is 43.0 Å². The van der Waals surface area contributed by atoms with Gasteiger partial charge in [0.15, 0.2) is 5.58 Å². The second kappa shape index (κ2) is 8.61. The van der Waals surface area contributed by atoms with Crippen LogP contribution in [0.4, 0.5) is 14.8 Å². The highest BCUT2D eigenvalue weighted by molar-refractivity contribution is 5.98. The normalized spacial score (nSPS) is 18.6. The molecule has 1 aliphatic heterocycles. The van der Waals surface area contributed by atoms with Crippen LogP contribution in [-0.2, 0) is 0 Å². The number of benzene rings is 2. The van der Waals surface area contributed by atoms with Gasteiger partial charge in [-0.15, -0.1) is 0 Å². The smallest absolute Gasteiger partial charge is 0.295 e. The van der Waals surface area contributed by atoms with Crippen molar-refractivity contribution in [3.8, 4) is 5.69 Å². The molecule has 0 saturated carbocycles. The Morgan fingerprint density at radius 1 is 1.15 bits per heavy atom. The summed E-state index contributed by atoms with van der Waals surface area (Å²) in [6.07, 6.45) is 4.77. The number of nitrogens with one attached hydrogen (secondary N) is 1. The molecule has 0 bridgehead atoms. The van der Waals surface area contributed by atoms with Crippen molar-refractivity contribution < 1.29 is 18.0 Å². The maximum Gasteiger partial charge on any atom is 0.295 e. The molecule has 10 heteroatoms. The average Bonchev–Trinajstić information content (AvgIpc) is 3.47. The number of carbonyl (C=O) groups is 1. The molecule has 1 aliphatic rings. The maximum absolute atomic E-state index is 14.0. The first-order chi connectivity index (χ1) is 16.0. The van der Waals surface area contributed by atoms with Gasteiger partial charge >= 0.3 is 0 Å². The fourth-order valence-electron chi connectivity index (χ4n) is 4.32. The summed E-state index contributed by atoms with van der Waals surface area (Å²) >= 11 is 0. The molecule has 0 unspecified atom stereocenters. The van der Waals surface area contributed by atoms with Crippen LogP contribution in [0.5, 0.6) is 0 Å². The van der Waals surface area contributed by atoms with Gasteiger partial charge in [0.25, 0.3) is 11.9 Å². The predicted octanol–water partition coefficient (Wildman–Crippen LogP) is 4.04. The van der Waals surface area contributed by atoms with E-state index in [1.54, 1.807) is 11.0 Å². The third kappa shape index (κ3) is 4.15. The average molecular weight is 452 g/mol. The molecule has 3 heterocycles. The van der Waals surface area contributed by atoms with Crippen LogP contribution in [0.2, 0.25) is 0 Å². The molecule has 0 spiro atoms. The Morgan fingerprint density at radius 3 is 2.73 bits per heavy atom. The van der Waals surface area contributed by atoms with E-state index in [0.29, 0.717) is 29.8 Å². The summed E-state index contributed by atoms with van der Waals surface area (Å²) in [5.74, 6) is -0.884. The topological polar surface area (TPSA) is 89.1 Å². The summed E-state index contributed by atoms with van der Waals surface area (Å²) in [6, 6.07) is 8.26. The number of hydrogen-bond donors (Lipinski definition) is 1. The number of likely N-dealkylation sites (tertiary alicyclic amines) is 1. The van der Waals surface area contributed by atoms with Crippen LogP contribution in [0, 0.1) is 17.6 Å². The first-order valence-electron chi connectivity index (χ1n) is 10.8. The quantitative estimate of drug-likeness (QED) is 0.492. The number of carbonyl (C=O) groups excluding carboxylic acids is 1. The lowest BCUT2D eigenvalue weighted by atomic mass is 9.90. The molecule has 0 aliphatic carbocycles. The summed E-state index contributed by atoms with van der Waals surface area (Å²) in [4.78, 5) is 21.0. The molecule has 1 N–H and O–H groups in total. The van der Waals surface area contributed by atoms with Gasteiger partial charge in [-0.3, -0.25) is 4.79 Å². The minimum Gasteiger partial charge on any atom is -0.423 e. The molecule has 2 aromatic heterocycles. The Hall–Kier alpha value is -3.82. The lowest BCUT2D eigenvalue weighted by molar-refractivity contribution is 0.0539. The standard InChI is InChI=1S/C23H22F2N6O2/c1-14-3-2-10-30(20(14)13-26-23-29-18-7-5-16(25)12-21(18)33-23)22(32)17-6-4-15(24)11-19(17)31-27-8-9-28-31/h4-9,11-12,14,20H,2-3,10,13H2,1H3,(H,26,29)/t14-,20-/m1/s1. The molecule has 1 fully saturated rings. The summed E-state index contributed by atoms with van der Waals surface area (Å²) in [6.45, 7) is 3.06. The molecule has 170 valence electrons. The summed E-state index contributed by atoms with van der Waals surface area (Å²) in [7, 11) is 0. The van der Waals surface area contributed by atoms with Crippen LogP contribution in [0.25, 0.3) is 16.8 Å². The largest absolute Gasteiger partial charge is 0.423 e. The van der Waals surface area contributed by atoms with E-state index in [4.69, 9.17) is 4.42 Å². The van der Waals surface area contributed by atoms with Crippen molar-refractivity contribution in [1.82, 2.24) is 24.9 Å². The molecule has 1 saturated heterocycles. The van der Waals surface area contributed by atoms with Crippen LogP contribution >= 0.6 is 0 Å². The third-order valence-electron chi connectivity index (χ3n) is 6.01. The molecule has 0 radical (unpaired) electrons. The van der Waals surface area contributed by atoms with Gasteiger partial charge in [0, 0.05) is 25.2 Å².